The average molecular weight is 306 g/mol. The van der Waals surface area contributed by atoms with Crippen LogP contribution in [0.4, 0.5) is 0 Å². The van der Waals surface area contributed by atoms with E-state index in [1.807, 2.05) is 0 Å². The van der Waals surface area contributed by atoms with Crippen LogP contribution in [0.15, 0.2) is 0 Å². The summed E-state index contributed by atoms with van der Waals surface area (Å²) < 4.78 is 32.0. The number of sulfonamides is 1. The van der Waals surface area contributed by atoms with Crippen LogP contribution in [0, 0.1) is 5.41 Å². The van der Waals surface area contributed by atoms with Gasteiger partial charge in [0.1, 0.15) is 0 Å². The molecule has 0 aliphatic carbocycles. The first-order valence-corrected chi connectivity index (χ1v) is 9.27. The summed E-state index contributed by atoms with van der Waals surface area (Å²) in [5.74, 6) is 0.222. The van der Waals surface area contributed by atoms with Crippen LogP contribution in [0.2, 0.25) is 0 Å². The molecule has 0 saturated carbocycles. The van der Waals surface area contributed by atoms with Gasteiger partial charge in [0.15, 0.2) is 0 Å². The molecular weight excluding hydrogens is 276 g/mol. The molecule has 0 aromatic heterocycles. The molecule has 0 aromatic carbocycles. The number of hydrogen-bond donors (Lipinski definition) is 2. The van der Waals surface area contributed by atoms with E-state index in [1.54, 1.807) is 0 Å². The fraction of sp³-hybridized carbons (Fsp3) is 1.00. The van der Waals surface area contributed by atoms with Crippen molar-refractivity contribution in [2.75, 3.05) is 32.1 Å². The summed E-state index contributed by atoms with van der Waals surface area (Å²) >= 11 is 0. The van der Waals surface area contributed by atoms with Crippen molar-refractivity contribution in [2.45, 2.75) is 52.5 Å². The van der Waals surface area contributed by atoms with Crippen LogP contribution in [-0.2, 0) is 14.8 Å². The second kappa shape index (κ2) is 8.32. The zero-order valence-corrected chi connectivity index (χ0v) is 13.9. The highest BCUT2D eigenvalue weighted by molar-refractivity contribution is 7.89. The molecule has 0 radical (unpaired) electrons. The van der Waals surface area contributed by atoms with Gasteiger partial charge in [-0.25, -0.2) is 13.1 Å². The fourth-order valence-electron chi connectivity index (χ4n) is 2.21. The topological polar surface area (TPSA) is 67.4 Å². The standard InChI is InChI=1S/C14H30N2O3S/c1-13(2)15-8-4-5-11-20(17,18)16-12-14(3)6-9-19-10-7-14/h13,15-16H,4-12H2,1-3H3. The van der Waals surface area contributed by atoms with Crippen molar-refractivity contribution in [3.05, 3.63) is 0 Å². The normalized spacial score (nSPS) is 19.4. The lowest BCUT2D eigenvalue weighted by Gasteiger charge is -2.33. The van der Waals surface area contributed by atoms with E-state index in [0.717, 1.165) is 39.0 Å². The third kappa shape index (κ3) is 7.57. The number of unbranched alkanes of at least 4 members (excludes halogenated alkanes) is 1. The van der Waals surface area contributed by atoms with Crippen LogP contribution in [-0.4, -0.2) is 46.5 Å². The lowest BCUT2D eigenvalue weighted by molar-refractivity contribution is 0.0264. The van der Waals surface area contributed by atoms with Gasteiger partial charge in [-0.15, -0.1) is 0 Å². The van der Waals surface area contributed by atoms with Gasteiger partial charge < -0.3 is 10.1 Å². The Labute approximate surface area is 123 Å². The van der Waals surface area contributed by atoms with Crippen LogP contribution in [0.3, 0.4) is 0 Å². The maximum Gasteiger partial charge on any atom is 0.211 e. The van der Waals surface area contributed by atoms with Gasteiger partial charge in [-0.2, -0.15) is 0 Å². The Bertz CT molecular complexity index is 363. The lowest BCUT2D eigenvalue weighted by atomic mass is 9.83. The van der Waals surface area contributed by atoms with Crippen LogP contribution in [0.1, 0.15) is 46.5 Å². The van der Waals surface area contributed by atoms with Crippen molar-refractivity contribution >= 4 is 10.0 Å². The van der Waals surface area contributed by atoms with Gasteiger partial charge in [-0.05, 0) is 37.6 Å². The minimum absolute atomic E-state index is 0.0461. The molecule has 0 bridgehead atoms. The van der Waals surface area contributed by atoms with Crippen molar-refractivity contribution in [1.29, 1.82) is 0 Å². The molecule has 1 fully saturated rings. The van der Waals surface area contributed by atoms with E-state index < -0.39 is 10.0 Å². The van der Waals surface area contributed by atoms with Crippen molar-refractivity contribution < 1.29 is 13.2 Å². The fourth-order valence-corrected chi connectivity index (χ4v) is 3.50. The Morgan fingerprint density at radius 3 is 2.45 bits per heavy atom. The molecule has 1 aliphatic heterocycles. The maximum absolute atomic E-state index is 11.9. The van der Waals surface area contributed by atoms with Gasteiger partial charge in [0.2, 0.25) is 10.0 Å². The minimum atomic E-state index is -3.14. The number of hydrogen-bond acceptors (Lipinski definition) is 4. The molecule has 1 aliphatic rings. The monoisotopic (exact) mass is 306 g/mol. The average Bonchev–Trinajstić information content (AvgIpc) is 2.37. The molecule has 5 nitrogen and oxygen atoms in total. The van der Waals surface area contributed by atoms with E-state index >= 15 is 0 Å². The first-order valence-electron chi connectivity index (χ1n) is 7.61. The summed E-state index contributed by atoms with van der Waals surface area (Å²) in [6.45, 7) is 9.19. The minimum Gasteiger partial charge on any atom is -0.381 e. The van der Waals surface area contributed by atoms with Gasteiger partial charge >= 0.3 is 0 Å². The number of rotatable bonds is 9. The predicted molar refractivity (Wildman–Crippen MR) is 82.3 cm³/mol. The van der Waals surface area contributed by atoms with E-state index in [9.17, 15) is 8.42 Å². The predicted octanol–water partition coefficient (Wildman–Crippen LogP) is 1.50. The van der Waals surface area contributed by atoms with Gasteiger partial charge in [0.25, 0.3) is 0 Å². The molecule has 1 saturated heterocycles. The number of ether oxygens (including phenoxy) is 1. The Morgan fingerprint density at radius 2 is 1.85 bits per heavy atom. The highest BCUT2D eigenvalue weighted by atomic mass is 32.2. The summed E-state index contributed by atoms with van der Waals surface area (Å²) in [6.07, 6.45) is 3.45. The molecule has 1 rings (SSSR count). The second-order valence-electron chi connectivity index (χ2n) is 6.38. The Hall–Kier alpha value is -0.170. The Morgan fingerprint density at radius 1 is 1.20 bits per heavy atom. The zero-order chi connectivity index (χ0) is 15.1. The lowest BCUT2D eigenvalue weighted by Crippen LogP contribution is -2.40. The van der Waals surface area contributed by atoms with Crippen molar-refractivity contribution in [3.63, 3.8) is 0 Å². The summed E-state index contributed by atoms with van der Waals surface area (Å²) in [5.41, 5.74) is 0.0461. The Balaban J connectivity index is 2.20. The molecule has 1 heterocycles. The van der Waals surface area contributed by atoms with E-state index in [2.05, 4.69) is 30.8 Å². The summed E-state index contributed by atoms with van der Waals surface area (Å²) in [7, 11) is -3.14. The van der Waals surface area contributed by atoms with Crippen LogP contribution < -0.4 is 10.0 Å². The summed E-state index contributed by atoms with van der Waals surface area (Å²) in [4.78, 5) is 0. The molecule has 20 heavy (non-hydrogen) atoms. The van der Waals surface area contributed by atoms with Gasteiger partial charge in [0, 0.05) is 25.8 Å². The largest absolute Gasteiger partial charge is 0.381 e. The van der Waals surface area contributed by atoms with E-state index in [0.29, 0.717) is 19.0 Å². The Kier molecular flexibility index (Phi) is 7.43. The number of nitrogens with one attached hydrogen (secondary N) is 2. The SMILES string of the molecule is CC(C)NCCCCS(=O)(=O)NCC1(C)CCOCC1. The first kappa shape index (κ1) is 17.9. The molecule has 0 atom stereocenters. The molecular formula is C14H30N2O3S. The quantitative estimate of drug-likeness (QED) is 0.634. The van der Waals surface area contributed by atoms with Crippen molar-refractivity contribution in [3.8, 4) is 0 Å². The third-order valence-corrected chi connectivity index (χ3v) is 5.22. The molecule has 6 heteroatoms. The van der Waals surface area contributed by atoms with Crippen LogP contribution in [0.5, 0.6) is 0 Å². The van der Waals surface area contributed by atoms with E-state index in [-0.39, 0.29) is 11.2 Å². The molecule has 0 aromatic rings. The molecule has 0 amide bonds. The van der Waals surface area contributed by atoms with E-state index in [4.69, 9.17) is 4.74 Å². The van der Waals surface area contributed by atoms with Crippen LogP contribution >= 0.6 is 0 Å². The molecule has 0 spiro atoms. The smallest absolute Gasteiger partial charge is 0.211 e. The van der Waals surface area contributed by atoms with Crippen LogP contribution in [0.25, 0.3) is 0 Å². The molecule has 0 unspecified atom stereocenters. The van der Waals surface area contributed by atoms with Gasteiger partial charge in [-0.3, -0.25) is 0 Å². The second-order valence-corrected chi connectivity index (χ2v) is 8.31. The van der Waals surface area contributed by atoms with Gasteiger partial charge in [-0.1, -0.05) is 20.8 Å². The summed E-state index contributed by atoms with van der Waals surface area (Å²) in [6, 6.07) is 0.457. The molecule has 120 valence electrons. The summed E-state index contributed by atoms with van der Waals surface area (Å²) in [5, 5.41) is 3.29. The van der Waals surface area contributed by atoms with Crippen molar-refractivity contribution in [1.82, 2.24) is 10.0 Å². The maximum atomic E-state index is 11.9. The first-order chi connectivity index (χ1) is 9.33. The highest BCUT2D eigenvalue weighted by Gasteiger charge is 2.28. The zero-order valence-electron chi connectivity index (χ0n) is 13.1. The third-order valence-electron chi connectivity index (χ3n) is 3.81. The van der Waals surface area contributed by atoms with Gasteiger partial charge in [0.05, 0.1) is 5.75 Å². The highest BCUT2D eigenvalue weighted by Crippen LogP contribution is 2.28. The van der Waals surface area contributed by atoms with E-state index in [1.165, 1.54) is 0 Å². The molecule has 2 N–H and O–H groups in total. The van der Waals surface area contributed by atoms with Crippen molar-refractivity contribution in [2.24, 2.45) is 5.41 Å².